The third kappa shape index (κ3) is 3.56. The highest BCUT2D eigenvalue weighted by molar-refractivity contribution is 5.77. The zero-order valence-corrected chi connectivity index (χ0v) is 14.2. The monoisotopic (exact) mass is 349 g/mol. The van der Waals surface area contributed by atoms with E-state index in [2.05, 4.69) is 10.2 Å². The first kappa shape index (κ1) is 17.5. The average Bonchev–Trinajstić information content (AvgIpc) is 3.11. The number of nitrogens with one attached hydrogen (secondary N) is 1. The molecule has 1 amide bonds. The van der Waals surface area contributed by atoms with Gasteiger partial charge in [-0.05, 0) is 49.9 Å². The Morgan fingerprint density at radius 2 is 2.12 bits per heavy atom. The van der Waals surface area contributed by atoms with Crippen molar-refractivity contribution in [3.63, 3.8) is 0 Å². The van der Waals surface area contributed by atoms with Crippen molar-refractivity contribution in [2.24, 2.45) is 0 Å². The number of aryl methyl sites for hydroxylation is 2. The molecule has 1 fully saturated rings. The van der Waals surface area contributed by atoms with Gasteiger partial charge in [-0.2, -0.15) is 5.10 Å². The van der Waals surface area contributed by atoms with Gasteiger partial charge in [0.05, 0.1) is 17.8 Å². The highest BCUT2D eigenvalue weighted by atomic mass is 19.2. The Hall–Kier alpha value is -2.28. The lowest BCUT2D eigenvalue weighted by atomic mass is 10.0. The summed E-state index contributed by atoms with van der Waals surface area (Å²) in [5, 5.41) is 17.0. The summed E-state index contributed by atoms with van der Waals surface area (Å²) in [5.74, 6) is -1.99. The Bertz CT molecular complexity index is 771. The lowest BCUT2D eigenvalue weighted by molar-refractivity contribution is -0.132. The van der Waals surface area contributed by atoms with E-state index in [1.54, 1.807) is 4.90 Å². The molecule has 0 spiro atoms. The summed E-state index contributed by atoms with van der Waals surface area (Å²) in [7, 11) is 0. The molecule has 2 heterocycles. The smallest absolute Gasteiger partial charge is 0.223 e. The molecule has 2 aromatic rings. The molecule has 5 nitrogen and oxygen atoms in total. The molecule has 25 heavy (non-hydrogen) atoms. The van der Waals surface area contributed by atoms with E-state index in [9.17, 15) is 18.7 Å². The number of hydrogen-bond acceptors (Lipinski definition) is 3. The van der Waals surface area contributed by atoms with E-state index in [0.29, 0.717) is 18.4 Å². The molecule has 0 unspecified atom stereocenters. The number of H-pyrrole nitrogens is 1. The molecule has 1 aromatic heterocycles. The number of aliphatic hydroxyl groups is 1. The van der Waals surface area contributed by atoms with Gasteiger partial charge in [-0.1, -0.05) is 6.07 Å². The van der Waals surface area contributed by atoms with Crippen LogP contribution in [0.3, 0.4) is 0 Å². The van der Waals surface area contributed by atoms with E-state index in [1.165, 1.54) is 6.07 Å². The van der Waals surface area contributed by atoms with Crippen molar-refractivity contribution in [1.82, 2.24) is 15.1 Å². The van der Waals surface area contributed by atoms with E-state index in [4.69, 9.17) is 0 Å². The number of likely N-dealkylation sites (tertiary alicyclic amines) is 1. The molecule has 134 valence electrons. The summed E-state index contributed by atoms with van der Waals surface area (Å²) in [4.78, 5) is 14.2. The summed E-state index contributed by atoms with van der Waals surface area (Å²) < 4.78 is 26.7. The van der Waals surface area contributed by atoms with E-state index in [1.807, 2.05) is 13.8 Å². The molecule has 1 aromatic carbocycles. The van der Waals surface area contributed by atoms with Gasteiger partial charge in [0, 0.05) is 18.7 Å². The van der Waals surface area contributed by atoms with Crippen LogP contribution in [-0.2, 0) is 11.2 Å². The minimum Gasteiger partial charge on any atom is -0.391 e. The molecule has 0 radical (unpaired) electrons. The number of nitrogens with zero attached hydrogens (tertiary/aromatic N) is 2. The lowest BCUT2D eigenvalue weighted by Gasteiger charge is -2.25. The normalized spacial score (nSPS) is 20.3. The van der Waals surface area contributed by atoms with Crippen molar-refractivity contribution in [2.75, 3.05) is 6.54 Å². The van der Waals surface area contributed by atoms with E-state index in [0.717, 1.165) is 29.1 Å². The Morgan fingerprint density at radius 3 is 2.76 bits per heavy atom. The average molecular weight is 349 g/mol. The molecular formula is C18H21F2N3O2. The fourth-order valence-electron chi connectivity index (χ4n) is 3.44. The standard InChI is InChI=1S/C18H21F2N3O2/c1-10-14(11(2)22-21-10)4-6-18(25)23-9-13(24)8-17(23)12-3-5-15(19)16(20)7-12/h3,5,7,13,17,24H,4,6,8-9H2,1-2H3,(H,21,22)/t13-,17+/m0/s1. The molecule has 0 saturated carbocycles. The molecule has 1 saturated heterocycles. The van der Waals surface area contributed by atoms with Crippen molar-refractivity contribution in [3.8, 4) is 0 Å². The van der Waals surface area contributed by atoms with Crippen molar-refractivity contribution >= 4 is 5.91 Å². The van der Waals surface area contributed by atoms with Gasteiger partial charge >= 0.3 is 0 Å². The van der Waals surface area contributed by atoms with Crippen LogP contribution in [0.25, 0.3) is 0 Å². The first-order valence-electron chi connectivity index (χ1n) is 8.29. The van der Waals surface area contributed by atoms with Gasteiger partial charge in [-0.3, -0.25) is 9.89 Å². The number of β-amino-alcohol motifs (C(OH)–C–C–N with tert-alkyl or cyclic N) is 1. The first-order chi connectivity index (χ1) is 11.9. The highest BCUT2D eigenvalue weighted by Crippen LogP contribution is 2.33. The molecule has 3 rings (SSSR count). The first-order valence-corrected chi connectivity index (χ1v) is 8.29. The van der Waals surface area contributed by atoms with Crippen LogP contribution in [0.5, 0.6) is 0 Å². The molecule has 2 N–H and O–H groups in total. The zero-order valence-electron chi connectivity index (χ0n) is 14.2. The van der Waals surface area contributed by atoms with E-state index >= 15 is 0 Å². The summed E-state index contributed by atoms with van der Waals surface area (Å²) in [5.41, 5.74) is 3.31. The van der Waals surface area contributed by atoms with E-state index in [-0.39, 0.29) is 18.9 Å². The minimum absolute atomic E-state index is 0.119. The molecule has 1 aliphatic rings. The van der Waals surface area contributed by atoms with Gasteiger partial charge in [0.15, 0.2) is 11.6 Å². The van der Waals surface area contributed by atoms with Crippen molar-refractivity contribution in [3.05, 3.63) is 52.3 Å². The van der Waals surface area contributed by atoms with Crippen LogP contribution in [-0.4, -0.2) is 38.8 Å². The van der Waals surface area contributed by atoms with Crippen molar-refractivity contribution in [1.29, 1.82) is 0 Å². The number of carbonyl (C=O) groups excluding carboxylic acids is 1. The quantitative estimate of drug-likeness (QED) is 0.891. The second-order valence-corrected chi connectivity index (χ2v) is 6.54. The topological polar surface area (TPSA) is 69.2 Å². The lowest BCUT2D eigenvalue weighted by Crippen LogP contribution is -2.32. The van der Waals surface area contributed by atoms with Crippen LogP contribution in [0.15, 0.2) is 18.2 Å². The minimum atomic E-state index is -0.948. The van der Waals surface area contributed by atoms with Crippen molar-refractivity contribution < 1.29 is 18.7 Å². The van der Waals surface area contributed by atoms with Crippen LogP contribution in [0, 0.1) is 25.5 Å². The molecule has 7 heteroatoms. The summed E-state index contributed by atoms with van der Waals surface area (Å²) in [6, 6.07) is 3.18. The van der Waals surface area contributed by atoms with Crippen LogP contribution in [0.4, 0.5) is 8.78 Å². The van der Waals surface area contributed by atoms with Crippen LogP contribution in [0.1, 0.15) is 41.4 Å². The Morgan fingerprint density at radius 1 is 1.36 bits per heavy atom. The van der Waals surface area contributed by atoms with Gasteiger partial charge in [0.25, 0.3) is 0 Å². The molecule has 2 atom stereocenters. The number of aliphatic hydroxyl groups excluding tert-OH is 1. The number of aromatic nitrogens is 2. The van der Waals surface area contributed by atoms with Crippen LogP contribution >= 0.6 is 0 Å². The van der Waals surface area contributed by atoms with Crippen LogP contribution < -0.4 is 0 Å². The number of hydrogen-bond donors (Lipinski definition) is 2. The maximum Gasteiger partial charge on any atom is 0.223 e. The second kappa shape index (κ2) is 6.92. The maximum absolute atomic E-state index is 13.5. The van der Waals surface area contributed by atoms with Gasteiger partial charge in [0.2, 0.25) is 5.91 Å². The number of benzene rings is 1. The number of carbonyl (C=O) groups is 1. The summed E-state index contributed by atoms with van der Waals surface area (Å²) in [6.45, 7) is 3.99. The molecule has 1 aliphatic heterocycles. The van der Waals surface area contributed by atoms with E-state index < -0.39 is 23.8 Å². The zero-order chi connectivity index (χ0) is 18.1. The Balaban J connectivity index is 1.74. The molecule has 0 bridgehead atoms. The molecular weight excluding hydrogens is 328 g/mol. The summed E-state index contributed by atoms with van der Waals surface area (Å²) in [6.07, 6.45) is 0.471. The fraction of sp³-hybridized carbons (Fsp3) is 0.444. The van der Waals surface area contributed by atoms with Gasteiger partial charge in [-0.15, -0.1) is 0 Å². The maximum atomic E-state index is 13.5. The van der Waals surface area contributed by atoms with Gasteiger partial charge in [0.1, 0.15) is 0 Å². The summed E-state index contributed by atoms with van der Waals surface area (Å²) >= 11 is 0. The van der Waals surface area contributed by atoms with Gasteiger partial charge < -0.3 is 10.0 Å². The predicted octanol–water partition coefficient (Wildman–Crippen LogP) is 2.57. The number of rotatable bonds is 4. The number of halogens is 2. The number of aromatic amines is 1. The van der Waals surface area contributed by atoms with Crippen LogP contribution in [0.2, 0.25) is 0 Å². The Kier molecular flexibility index (Phi) is 4.85. The molecule has 0 aliphatic carbocycles. The second-order valence-electron chi connectivity index (χ2n) is 6.54. The highest BCUT2D eigenvalue weighted by Gasteiger charge is 2.35. The largest absolute Gasteiger partial charge is 0.391 e. The number of amides is 1. The SMILES string of the molecule is Cc1n[nH]c(C)c1CCC(=O)N1C[C@@H](O)C[C@@H]1c1ccc(F)c(F)c1. The Labute approximate surface area is 144 Å². The third-order valence-electron chi connectivity index (χ3n) is 4.80. The van der Waals surface area contributed by atoms with Crippen molar-refractivity contribution in [2.45, 2.75) is 45.3 Å². The predicted molar refractivity (Wildman–Crippen MR) is 87.8 cm³/mol. The fourth-order valence-corrected chi connectivity index (χ4v) is 3.44. The third-order valence-corrected chi connectivity index (χ3v) is 4.80. The van der Waals surface area contributed by atoms with Gasteiger partial charge in [-0.25, -0.2) is 8.78 Å².